The van der Waals surface area contributed by atoms with Gasteiger partial charge in [0.1, 0.15) is 0 Å². The summed E-state index contributed by atoms with van der Waals surface area (Å²) in [5.74, 6) is 0.645. The van der Waals surface area contributed by atoms with Crippen molar-refractivity contribution in [1.29, 1.82) is 5.26 Å². The molecule has 17 heavy (non-hydrogen) atoms. The fourth-order valence-corrected chi connectivity index (χ4v) is 2.03. The number of thioether (sulfide) groups is 1. The van der Waals surface area contributed by atoms with Gasteiger partial charge >= 0.3 is 5.97 Å². The molecule has 0 saturated carbocycles. The Balaban J connectivity index is 2.02. The summed E-state index contributed by atoms with van der Waals surface area (Å²) in [6, 6.07) is 12.0. The van der Waals surface area contributed by atoms with Crippen LogP contribution in [-0.4, -0.2) is 18.3 Å². The summed E-state index contributed by atoms with van der Waals surface area (Å²) in [6.07, 6.45) is 1.26. The monoisotopic (exact) mass is 249 g/mol. The second-order valence-corrected chi connectivity index (χ2v) is 4.56. The topological polar surface area (TPSA) is 50.1 Å². The van der Waals surface area contributed by atoms with Crippen LogP contribution in [0.15, 0.2) is 35.2 Å². The summed E-state index contributed by atoms with van der Waals surface area (Å²) in [6.45, 7) is 0.435. The first-order chi connectivity index (χ1) is 8.33. The van der Waals surface area contributed by atoms with Crippen molar-refractivity contribution in [3.8, 4) is 6.07 Å². The van der Waals surface area contributed by atoms with E-state index in [0.717, 1.165) is 12.2 Å². The van der Waals surface area contributed by atoms with Crippen LogP contribution in [0.5, 0.6) is 0 Å². The van der Waals surface area contributed by atoms with Crippen molar-refractivity contribution in [2.75, 3.05) is 12.4 Å². The fourth-order valence-electron chi connectivity index (χ4n) is 1.18. The quantitative estimate of drug-likeness (QED) is 0.423. The Hall–Kier alpha value is -1.47. The average Bonchev–Trinajstić information content (AvgIpc) is 2.37. The molecule has 0 spiro atoms. The van der Waals surface area contributed by atoms with Crippen LogP contribution < -0.4 is 0 Å². The highest BCUT2D eigenvalue weighted by Crippen LogP contribution is 2.17. The first kappa shape index (κ1) is 13.6. The van der Waals surface area contributed by atoms with E-state index in [2.05, 4.69) is 12.1 Å². The molecule has 0 N–H and O–H groups in total. The molecule has 0 aliphatic rings. The average molecular weight is 249 g/mol. The lowest BCUT2D eigenvalue weighted by Crippen LogP contribution is -2.05. The molecule has 0 radical (unpaired) electrons. The molecule has 0 bridgehead atoms. The lowest BCUT2D eigenvalue weighted by atomic mass is 10.3. The van der Waals surface area contributed by atoms with E-state index in [1.54, 1.807) is 11.8 Å². The lowest BCUT2D eigenvalue weighted by Gasteiger charge is -2.03. The molecule has 0 saturated heterocycles. The third kappa shape index (κ3) is 6.64. The van der Waals surface area contributed by atoms with Gasteiger partial charge in [-0.25, -0.2) is 0 Å². The zero-order chi connectivity index (χ0) is 12.3. The molecular weight excluding hydrogens is 234 g/mol. The van der Waals surface area contributed by atoms with Crippen LogP contribution in [0.25, 0.3) is 0 Å². The number of nitriles is 1. The van der Waals surface area contributed by atoms with E-state index in [4.69, 9.17) is 10.00 Å². The Labute approximate surface area is 106 Å². The van der Waals surface area contributed by atoms with E-state index in [-0.39, 0.29) is 18.8 Å². The molecule has 1 aromatic carbocycles. The summed E-state index contributed by atoms with van der Waals surface area (Å²) in [5, 5.41) is 8.29. The zero-order valence-electron chi connectivity index (χ0n) is 9.59. The molecule has 4 heteroatoms. The number of hydrogen-bond donors (Lipinski definition) is 0. The molecule has 0 aliphatic heterocycles. The molecule has 3 nitrogen and oxygen atoms in total. The maximum Gasteiger partial charge on any atom is 0.306 e. The van der Waals surface area contributed by atoms with Gasteiger partial charge < -0.3 is 4.74 Å². The largest absolute Gasteiger partial charge is 0.466 e. The second-order valence-electron chi connectivity index (χ2n) is 3.39. The maximum absolute atomic E-state index is 11.1. The molecule has 0 aliphatic carbocycles. The number of carbonyl (C=O) groups is 1. The highest BCUT2D eigenvalue weighted by molar-refractivity contribution is 7.99. The van der Waals surface area contributed by atoms with Crippen molar-refractivity contribution in [3.63, 3.8) is 0 Å². The Morgan fingerprint density at radius 3 is 2.82 bits per heavy atom. The molecule has 0 atom stereocenters. The van der Waals surface area contributed by atoms with Gasteiger partial charge in [0.15, 0.2) is 0 Å². The summed E-state index contributed by atoms with van der Waals surface area (Å²) >= 11 is 1.75. The third-order valence-corrected chi connectivity index (χ3v) is 3.10. The number of carbonyl (C=O) groups excluding carboxylic acids is 1. The lowest BCUT2D eigenvalue weighted by molar-refractivity contribution is -0.143. The van der Waals surface area contributed by atoms with E-state index >= 15 is 0 Å². The van der Waals surface area contributed by atoms with Crippen LogP contribution in [0, 0.1) is 11.3 Å². The van der Waals surface area contributed by atoms with Crippen molar-refractivity contribution >= 4 is 17.7 Å². The van der Waals surface area contributed by atoms with Gasteiger partial charge in [-0.05, 0) is 18.6 Å². The standard InChI is InChI=1S/C13H15NO2S/c14-9-4-8-13(15)16-10-5-11-17-12-6-2-1-3-7-12/h1-3,6-7H,4-5,8,10-11H2. The summed E-state index contributed by atoms with van der Waals surface area (Å²) in [4.78, 5) is 12.3. The Bertz CT molecular complexity index is 373. The highest BCUT2D eigenvalue weighted by atomic mass is 32.2. The molecule has 0 aromatic heterocycles. The van der Waals surface area contributed by atoms with E-state index < -0.39 is 0 Å². The normalized spacial score (nSPS) is 9.59. The van der Waals surface area contributed by atoms with Gasteiger partial charge in [0.2, 0.25) is 0 Å². The predicted octanol–water partition coefficient (Wildman–Crippen LogP) is 3.02. The van der Waals surface area contributed by atoms with Gasteiger partial charge in [-0.2, -0.15) is 5.26 Å². The van der Waals surface area contributed by atoms with E-state index in [9.17, 15) is 4.79 Å². The van der Waals surface area contributed by atoms with Crippen LogP contribution in [0.1, 0.15) is 19.3 Å². The smallest absolute Gasteiger partial charge is 0.306 e. The van der Waals surface area contributed by atoms with Crippen LogP contribution in [-0.2, 0) is 9.53 Å². The molecule has 90 valence electrons. The van der Waals surface area contributed by atoms with Gasteiger partial charge in [0, 0.05) is 17.1 Å². The summed E-state index contributed by atoms with van der Waals surface area (Å²) in [7, 11) is 0. The van der Waals surface area contributed by atoms with Crippen LogP contribution in [0.3, 0.4) is 0 Å². The zero-order valence-corrected chi connectivity index (χ0v) is 10.4. The molecular formula is C13H15NO2S. The second kappa shape index (κ2) is 8.66. The fraction of sp³-hybridized carbons (Fsp3) is 0.385. The Morgan fingerprint density at radius 1 is 1.35 bits per heavy atom. The van der Waals surface area contributed by atoms with Gasteiger partial charge in [-0.15, -0.1) is 11.8 Å². The summed E-state index contributed by atoms with van der Waals surface area (Å²) in [5.41, 5.74) is 0. The number of rotatable bonds is 7. The first-order valence-corrected chi connectivity index (χ1v) is 6.52. The number of esters is 1. The van der Waals surface area contributed by atoms with E-state index in [1.807, 2.05) is 24.3 Å². The number of nitrogens with zero attached hydrogens (tertiary/aromatic N) is 1. The first-order valence-electron chi connectivity index (χ1n) is 5.53. The summed E-state index contributed by atoms with van der Waals surface area (Å²) < 4.78 is 4.98. The maximum atomic E-state index is 11.1. The van der Waals surface area contributed by atoms with Gasteiger partial charge in [0.25, 0.3) is 0 Å². The number of hydrogen-bond acceptors (Lipinski definition) is 4. The van der Waals surface area contributed by atoms with Crippen LogP contribution in [0.2, 0.25) is 0 Å². The Morgan fingerprint density at radius 2 is 2.12 bits per heavy atom. The minimum absolute atomic E-state index is 0.197. The van der Waals surface area contributed by atoms with Crippen molar-refractivity contribution in [2.45, 2.75) is 24.2 Å². The number of benzene rings is 1. The van der Waals surface area contributed by atoms with Gasteiger partial charge in [-0.3, -0.25) is 4.79 Å². The molecule has 1 aromatic rings. The molecule has 0 fully saturated rings. The van der Waals surface area contributed by atoms with Crippen LogP contribution in [0.4, 0.5) is 0 Å². The third-order valence-electron chi connectivity index (χ3n) is 2.00. The van der Waals surface area contributed by atoms with E-state index in [1.165, 1.54) is 4.90 Å². The van der Waals surface area contributed by atoms with Gasteiger partial charge in [-0.1, -0.05) is 18.2 Å². The van der Waals surface area contributed by atoms with Crippen molar-refractivity contribution in [2.24, 2.45) is 0 Å². The minimum atomic E-state index is -0.281. The SMILES string of the molecule is N#CCCC(=O)OCCCSc1ccccc1. The van der Waals surface area contributed by atoms with Crippen molar-refractivity contribution < 1.29 is 9.53 Å². The minimum Gasteiger partial charge on any atom is -0.466 e. The Kier molecular flexibility index (Phi) is 6.92. The van der Waals surface area contributed by atoms with E-state index in [0.29, 0.717) is 6.61 Å². The van der Waals surface area contributed by atoms with Gasteiger partial charge in [0.05, 0.1) is 19.1 Å². The van der Waals surface area contributed by atoms with Crippen molar-refractivity contribution in [3.05, 3.63) is 30.3 Å². The van der Waals surface area contributed by atoms with Crippen molar-refractivity contribution in [1.82, 2.24) is 0 Å². The predicted molar refractivity (Wildman–Crippen MR) is 67.6 cm³/mol. The molecule has 0 unspecified atom stereocenters. The molecule has 1 rings (SSSR count). The molecule has 0 amide bonds. The van der Waals surface area contributed by atoms with Crippen LogP contribution >= 0.6 is 11.8 Å². The molecule has 0 heterocycles. The number of ether oxygens (including phenoxy) is 1. The highest BCUT2D eigenvalue weighted by Gasteiger charge is 2.01.